The molecule has 100 valence electrons. The summed E-state index contributed by atoms with van der Waals surface area (Å²) < 4.78 is 37.2. The number of Topliss-reactive ketones (excluding diaryl/α,β-unsaturated/α-hetero) is 1. The highest BCUT2D eigenvalue weighted by molar-refractivity contribution is 9.09. The van der Waals surface area contributed by atoms with Crippen LogP contribution in [0.4, 0.5) is 13.2 Å². The summed E-state index contributed by atoms with van der Waals surface area (Å²) in [5.74, 6) is -0.0427. The fourth-order valence-electron chi connectivity index (χ4n) is 1.66. The molecule has 1 nitrogen and oxygen atoms in total. The Labute approximate surface area is 116 Å². The summed E-state index contributed by atoms with van der Waals surface area (Å²) in [5, 5.41) is 0.215. The van der Waals surface area contributed by atoms with Crippen LogP contribution in [0.15, 0.2) is 23.1 Å². The van der Waals surface area contributed by atoms with Gasteiger partial charge in [-0.1, -0.05) is 35.0 Å². The van der Waals surface area contributed by atoms with Crippen LogP contribution in [0.25, 0.3) is 0 Å². The third-order valence-electron chi connectivity index (χ3n) is 2.35. The molecular weight excluding hydrogens is 329 g/mol. The summed E-state index contributed by atoms with van der Waals surface area (Å²) in [6.07, 6.45) is 0.644. The maximum atomic E-state index is 12.4. The molecule has 0 saturated heterocycles. The van der Waals surface area contributed by atoms with Crippen LogP contribution >= 0.6 is 27.7 Å². The Bertz CT molecular complexity index is 432. The van der Waals surface area contributed by atoms with E-state index in [1.165, 1.54) is 6.07 Å². The number of carbonyl (C=O) groups excluding carboxylic acids is 1. The summed E-state index contributed by atoms with van der Waals surface area (Å²) in [6, 6.07) is 4.71. The Hall–Kier alpha value is -0.490. The molecule has 0 fully saturated rings. The number of alkyl halides is 4. The molecule has 0 aliphatic rings. The van der Waals surface area contributed by atoms with Crippen molar-refractivity contribution >= 4 is 33.5 Å². The highest BCUT2D eigenvalue weighted by atomic mass is 79.9. The zero-order valence-electron chi connectivity index (χ0n) is 9.68. The number of benzene rings is 1. The maximum Gasteiger partial charge on any atom is 0.446 e. The minimum absolute atomic E-state index is 0.0427. The molecule has 0 bridgehead atoms. The van der Waals surface area contributed by atoms with Gasteiger partial charge < -0.3 is 0 Å². The molecule has 0 aromatic heterocycles. The van der Waals surface area contributed by atoms with Crippen molar-refractivity contribution in [3.8, 4) is 0 Å². The van der Waals surface area contributed by atoms with Crippen LogP contribution in [-0.4, -0.2) is 16.6 Å². The Morgan fingerprint density at radius 3 is 2.56 bits per heavy atom. The van der Waals surface area contributed by atoms with E-state index in [1.54, 1.807) is 19.1 Å². The van der Waals surface area contributed by atoms with Crippen molar-refractivity contribution in [2.75, 3.05) is 5.33 Å². The molecule has 0 heterocycles. The fraction of sp³-hybridized carbons (Fsp3) is 0.417. The van der Waals surface area contributed by atoms with Gasteiger partial charge in [-0.2, -0.15) is 13.2 Å². The lowest BCUT2D eigenvalue weighted by Crippen LogP contribution is -2.08. The molecule has 0 amide bonds. The molecule has 1 aromatic rings. The number of hydrogen-bond acceptors (Lipinski definition) is 2. The first kappa shape index (κ1) is 15.6. The van der Waals surface area contributed by atoms with Gasteiger partial charge >= 0.3 is 5.51 Å². The molecule has 0 N–H and O–H groups in total. The highest BCUT2D eigenvalue weighted by Gasteiger charge is 2.30. The van der Waals surface area contributed by atoms with E-state index < -0.39 is 5.51 Å². The molecule has 0 saturated carbocycles. The standard InChI is InChI=1S/C12H12BrF3OS/c1-2-10-8(6-9(17)7-13)4-3-5-11(10)18-12(14,15)16/h3-5H,2,6-7H2,1H3. The van der Waals surface area contributed by atoms with Gasteiger partial charge in [0.1, 0.15) is 5.78 Å². The Kier molecular flexibility index (Phi) is 5.72. The van der Waals surface area contributed by atoms with Crippen LogP contribution in [0.2, 0.25) is 0 Å². The number of ketones is 1. The van der Waals surface area contributed by atoms with Crippen molar-refractivity contribution in [1.29, 1.82) is 0 Å². The van der Waals surface area contributed by atoms with Gasteiger partial charge in [0.25, 0.3) is 0 Å². The van der Waals surface area contributed by atoms with Crippen LogP contribution in [0, 0.1) is 0 Å². The number of halogens is 4. The summed E-state index contributed by atoms with van der Waals surface area (Å²) in [7, 11) is 0. The SMILES string of the molecule is CCc1c(CC(=O)CBr)cccc1SC(F)(F)F. The van der Waals surface area contributed by atoms with Gasteiger partial charge in [0.15, 0.2) is 0 Å². The third kappa shape index (κ3) is 4.65. The zero-order valence-corrected chi connectivity index (χ0v) is 12.1. The number of hydrogen-bond donors (Lipinski definition) is 0. The lowest BCUT2D eigenvalue weighted by molar-refractivity contribution is -0.115. The molecule has 0 unspecified atom stereocenters. The monoisotopic (exact) mass is 340 g/mol. The van der Waals surface area contributed by atoms with Gasteiger partial charge in [0.2, 0.25) is 0 Å². The normalized spacial score (nSPS) is 11.6. The van der Waals surface area contributed by atoms with E-state index >= 15 is 0 Å². The quantitative estimate of drug-likeness (QED) is 0.584. The summed E-state index contributed by atoms with van der Waals surface area (Å²) in [6.45, 7) is 1.79. The van der Waals surface area contributed by atoms with Crippen LogP contribution in [-0.2, 0) is 17.6 Å². The van der Waals surface area contributed by atoms with Gasteiger partial charge in [0, 0.05) is 11.3 Å². The van der Waals surface area contributed by atoms with E-state index in [-0.39, 0.29) is 34.2 Å². The lowest BCUT2D eigenvalue weighted by Gasteiger charge is -2.13. The summed E-state index contributed by atoms with van der Waals surface area (Å²) in [5.41, 5.74) is -3.02. The number of carbonyl (C=O) groups is 1. The fourth-order valence-corrected chi connectivity index (χ4v) is 2.65. The summed E-state index contributed by atoms with van der Waals surface area (Å²) >= 11 is 2.93. The van der Waals surface area contributed by atoms with E-state index in [2.05, 4.69) is 15.9 Å². The van der Waals surface area contributed by atoms with Crippen LogP contribution in [0.3, 0.4) is 0 Å². The van der Waals surface area contributed by atoms with Crippen LogP contribution in [0.5, 0.6) is 0 Å². The minimum atomic E-state index is -4.30. The van der Waals surface area contributed by atoms with Crippen molar-refractivity contribution in [3.05, 3.63) is 29.3 Å². The first-order valence-corrected chi connectivity index (χ1v) is 7.25. The molecule has 1 aromatic carbocycles. The van der Waals surface area contributed by atoms with Crippen molar-refractivity contribution in [1.82, 2.24) is 0 Å². The Morgan fingerprint density at radius 2 is 2.06 bits per heavy atom. The smallest absolute Gasteiger partial charge is 0.298 e. The van der Waals surface area contributed by atoms with Crippen molar-refractivity contribution in [2.24, 2.45) is 0 Å². The maximum absolute atomic E-state index is 12.4. The molecular formula is C12H12BrF3OS. The minimum Gasteiger partial charge on any atom is -0.298 e. The molecule has 0 aliphatic carbocycles. The van der Waals surface area contributed by atoms with Crippen LogP contribution < -0.4 is 0 Å². The second-order valence-corrected chi connectivity index (χ2v) is 5.31. The molecule has 18 heavy (non-hydrogen) atoms. The van der Waals surface area contributed by atoms with E-state index in [4.69, 9.17) is 0 Å². The van der Waals surface area contributed by atoms with Crippen molar-refractivity contribution < 1.29 is 18.0 Å². The number of thioether (sulfide) groups is 1. The lowest BCUT2D eigenvalue weighted by atomic mass is 10.0. The first-order valence-electron chi connectivity index (χ1n) is 5.31. The summed E-state index contributed by atoms with van der Waals surface area (Å²) in [4.78, 5) is 11.6. The van der Waals surface area contributed by atoms with Gasteiger partial charge in [-0.3, -0.25) is 4.79 Å². The average Bonchev–Trinajstić information content (AvgIpc) is 2.27. The van der Waals surface area contributed by atoms with Crippen molar-refractivity contribution in [3.63, 3.8) is 0 Å². The number of rotatable bonds is 5. The molecule has 0 aliphatic heterocycles. The molecule has 0 spiro atoms. The van der Waals surface area contributed by atoms with E-state index in [1.807, 2.05) is 0 Å². The van der Waals surface area contributed by atoms with Gasteiger partial charge in [-0.15, -0.1) is 0 Å². The van der Waals surface area contributed by atoms with E-state index in [9.17, 15) is 18.0 Å². The second kappa shape index (κ2) is 6.61. The zero-order chi connectivity index (χ0) is 13.8. The highest BCUT2D eigenvalue weighted by Crippen LogP contribution is 2.39. The molecule has 0 radical (unpaired) electrons. The second-order valence-electron chi connectivity index (χ2n) is 3.64. The predicted octanol–water partition coefficient (Wildman–Crippen LogP) is 4.37. The van der Waals surface area contributed by atoms with Gasteiger partial charge in [-0.25, -0.2) is 0 Å². The van der Waals surface area contributed by atoms with Gasteiger partial charge in [0.05, 0.1) is 5.33 Å². The Balaban J connectivity index is 3.06. The predicted molar refractivity (Wildman–Crippen MR) is 70.2 cm³/mol. The molecule has 6 heteroatoms. The van der Waals surface area contributed by atoms with E-state index in [0.717, 1.165) is 0 Å². The van der Waals surface area contributed by atoms with Gasteiger partial charge in [-0.05, 0) is 35.4 Å². The molecule has 1 rings (SSSR count). The topological polar surface area (TPSA) is 17.1 Å². The third-order valence-corrected chi connectivity index (χ3v) is 3.81. The molecule has 0 atom stereocenters. The largest absolute Gasteiger partial charge is 0.446 e. The van der Waals surface area contributed by atoms with Crippen LogP contribution in [0.1, 0.15) is 18.1 Å². The van der Waals surface area contributed by atoms with E-state index in [0.29, 0.717) is 17.5 Å². The van der Waals surface area contributed by atoms with Crippen molar-refractivity contribution in [2.45, 2.75) is 30.2 Å². The average molecular weight is 341 g/mol. The Morgan fingerprint density at radius 1 is 1.39 bits per heavy atom. The first-order chi connectivity index (χ1) is 8.37.